The SMILES string of the molecule is Cc1ccc(C(=O)NCCOCC(=O)O)c(=O)[nH]1. The zero-order valence-corrected chi connectivity index (χ0v) is 9.86. The first kappa shape index (κ1) is 13.9. The van der Waals surface area contributed by atoms with Crippen molar-refractivity contribution in [3.8, 4) is 0 Å². The summed E-state index contributed by atoms with van der Waals surface area (Å²) in [5.74, 6) is -1.59. The number of carboxylic acids is 1. The minimum atomic E-state index is -1.07. The monoisotopic (exact) mass is 254 g/mol. The van der Waals surface area contributed by atoms with Crippen LogP contribution in [-0.4, -0.2) is 41.7 Å². The average Bonchev–Trinajstić information content (AvgIpc) is 2.27. The lowest BCUT2D eigenvalue weighted by molar-refractivity contribution is -0.142. The van der Waals surface area contributed by atoms with E-state index in [9.17, 15) is 14.4 Å². The Bertz CT molecular complexity index is 494. The smallest absolute Gasteiger partial charge is 0.329 e. The second kappa shape index (κ2) is 6.55. The predicted octanol–water partition coefficient (Wildman–Crippen LogP) is -0.486. The van der Waals surface area contributed by atoms with Crippen LogP contribution in [0.3, 0.4) is 0 Å². The molecule has 98 valence electrons. The van der Waals surface area contributed by atoms with Crippen LogP contribution in [-0.2, 0) is 9.53 Å². The minimum absolute atomic E-state index is 0.0128. The number of H-pyrrole nitrogens is 1. The van der Waals surface area contributed by atoms with Gasteiger partial charge in [-0.2, -0.15) is 0 Å². The van der Waals surface area contributed by atoms with Crippen molar-refractivity contribution in [2.45, 2.75) is 6.92 Å². The highest BCUT2D eigenvalue weighted by Gasteiger charge is 2.09. The first-order valence-corrected chi connectivity index (χ1v) is 5.28. The Labute approximate surface area is 103 Å². The molecule has 0 aliphatic rings. The number of aliphatic carboxylic acids is 1. The lowest BCUT2D eigenvalue weighted by atomic mass is 10.2. The Balaban J connectivity index is 2.41. The second-order valence-electron chi connectivity index (χ2n) is 3.59. The van der Waals surface area contributed by atoms with E-state index in [1.165, 1.54) is 6.07 Å². The van der Waals surface area contributed by atoms with E-state index in [1.54, 1.807) is 13.0 Å². The third-order valence-electron chi connectivity index (χ3n) is 2.06. The van der Waals surface area contributed by atoms with Crippen LogP contribution in [0.1, 0.15) is 16.1 Å². The van der Waals surface area contributed by atoms with Crippen molar-refractivity contribution < 1.29 is 19.4 Å². The van der Waals surface area contributed by atoms with Crippen LogP contribution in [0.5, 0.6) is 0 Å². The molecule has 0 aliphatic heterocycles. The number of carbonyl (C=O) groups excluding carboxylic acids is 1. The van der Waals surface area contributed by atoms with Gasteiger partial charge in [0, 0.05) is 12.2 Å². The number of carboxylic acid groups (broad SMARTS) is 1. The number of hydrogen-bond acceptors (Lipinski definition) is 4. The molecule has 3 N–H and O–H groups in total. The number of amides is 1. The van der Waals surface area contributed by atoms with Crippen molar-refractivity contribution >= 4 is 11.9 Å². The molecule has 0 bridgehead atoms. The number of aryl methyl sites for hydroxylation is 1. The van der Waals surface area contributed by atoms with Gasteiger partial charge >= 0.3 is 5.97 Å². The number of pyridine rings is 1. The third-order valence-corrected chi connectivity index (χ3v) is 2.06. The van der Waals surface area contributed by atoms with E-state index < -0.39 is 24.0 Å². The molecule has 0 saturated heterocycles. The van der Waals surface area contributed by atoms with Crippen molar-refractivity contribution in [1.82, 2.24) is 10.3 Å². The molecule has 0 aliphatic carbocycles. The van der Waals surface area contributed by atoms with Gasteiger partial charge in [-0.15, -0.1) is 0 Å². The fourth-order valence-corrected chi connectivity index (χ4v) is 1.24. The first-order chi connectivity index (χ1) is 8.50. The summed E-state index contributed by atoms with van der Waals surface area (Å²) in [5.41, 5.74) is 0.221. The lowest BCUT2D eigenvalue weighted by Gasteiger charge is -2.04. The average molecular weight is 254 g/mol. The van der Waals surface area contributed by atoms with Gasteiger partial charge in [0.2, 0.25) is 0 Å². The highest BCUT2D eigenvalue weighted by molar-refractivity contribution is 5.93. The fraction of sp³-hybridized carbons (Fsp3) is 0.364. The molecule has 1 aromatic heterocycles. The standard InChI is InChI=1S/C11H14N2O5/c1-7-2-3-8(11(17)13-7)10(16)12-4-5-18-6-9(14)15/h2-3H,4-6H2,1H3,(H,12,16)(H,13,17)(H,14,15). The van der Waals surface area contributed by atoms with Crippen molar-refractivity contribution in [2.24, 2.45) is 0 Å². The van der Waals surface area contributed by atoms with E-state index in [2.05, 4.69) is 10.3 Å². The number of nitrogens with one attached hydrogen (secondary N) is 2. The number of rotatable bonds is 6. The lowest BCUT2D eigenvalue weighted by Crippen LogP contribution is -2.32. The van der Waals surface area contributed by atoms with Gasteiger partial charge in [-0.25, -0.2) is 4.79 Å². The number of aromatic amines is 1. The summed E-state index contributed by atoms with van der Waals surface area (Å²) < 4.78 is 4.73. The largest absolute Gasteiger partial charge is 0.480 e. The van der Waals surface area contributed by atoms with E-state index in [1.807, 2.05) is 0 Å². The maximum absolute atomic E-state index is 11.6. The molecule has 18 heavy (non-hydrogen) atoms. The molecule has 0 unspecified atom stereocenters. The van der Waals surface area contributed by atoms with Gasteiger partial charge < -0.3 is 20.1 Å². The normalized spacial score (nSPS) is 10.1. The molecule has 0 radical (unpaired) electrons. The Morgan fingerprint density at radius 3 is 2.78 bits per heavy atom. The van der Waals surface area contributed by atoms with Gasteiger partial charge in [0.15, 0.2) is 0 Å². The van der Waals surface area contributed by atoms with Gasteiger partial charge in [-0.1, -0.05) is 0 Å². The third kappa shape index (κ3) is 4.38. The van der Waals surface area contributed by atoms with Crippen molar-refractivity contribution in [2.75, 3.05) is 19.8 Å². The van der Waals surface area contributed by atoms with E-state index >= 15 is 0 Å². The zero-order chi connectivity index (χ0) is 13.5. The molecule has 0 aromatic carbocycles. The van der Waals surface area contributed by atoms with E-state index in [-0.39, 0.29) is 18.7 Å². The van der Waals surface area contributed by atoms with Crippen LogP contribution < -0.4 is 10.9 Å². The summed E-state index contributed by atoms with van der Waals surface area (Å²) in [6.45, 7) is 1.51. The Kier molecular flexibility index (Phi) is 5.06. The van der Waals surface area contributed by atoms with Crippen LogP contribution in [0.25, 0.3) is 0 Å². The molecule has 0 spiro atoms. The molecule has 1 heterocycles. The maximum Gasteiger partial charge on any atom is 0.329 e. The minimum Gasteiger partial charge on any atom is -0.480 e. The second-order valence-corrected chi connectivity index (χ2v) is 3.59. The molecule has 0 atom stereocenters. The fourth-order valence-electron chi connectivity index (χ4n) is 1.24. The number of ether oxygens (including phenoxy) is 1. The number of carbonyl (C=O) groups is 2. The molecule has 1 amide bonds. The zero-order valence-electron chi connectivity index (χ0n) is 9.86. The molecule has 1 rings (SSSR count). The van der Waals surface area contributed by atoms with Crippen molar-refractivity contribution in [1.29, 1.82) is 0 Å². The first-order valence-electron chi connectivity index (χ1n) is 5.28. The molecule has 7 nitrogen and oxygen atoms in total. The predicted molar refractivity (Wildman–Crippen MR) is 62.6 cm³/mol. The summed E-state index contributed by atoms with van der Waals surface area (Å²) >= 11 is 0. The van der Waals surface area contributed by atoms with Gasteiger partial charge in [0.05, 0.1) is 6.61 Å². The van der Waals surface area contributed by atoms with Gasteiger partial charge in [0.1, 0.15) is 12.2 Å². The molecule has 1 aromatic rings. The topological polar surface area (TPSA) is 108 Å². The number of hydrogen-bond donors (Lipinski definition) is 3. The van der Waals surface area contributed by atoms with E-state index in [4.69, 9.17) is 9.84 Å². The summed E-state index contributed by atoms with van der Waals surface area (Å²) in [6, 6.07) is 3.05. The van der Waals surface area contributed by atoms with Crippen molar-refractivity contribution in [3.05, 3.63) is 33.7 Å². The molecule has 0 saturated carbocycles. The van der Waals surface area contributed by atoms with E-state index in [0.29, 0.717) is 5.69 Å². The van der Waals surface area contributed by atoms with Crippen LogP contribution >= 0.6 is 0 Å². The summed E-state index contributed by atoms with van der Waals surface area (Å²) in [7, 11) is 0. The van der Waals surface area contributed by atoms with Gasteiger partial charge in [-0.3, -0.25) is 9.59 Å². The molecule has 0 fully saturated rings. The number of aromatic nitrogens is 1. The Morgan fingerprint density at radius 2 is 2.17 bits per heavy atom. The quantitative estimate of drug-likeness (QED) is 0.594. The van der Waals surface area contributed by atoms with Crippen LogP contribution in [0.2, 0.25) is 0 Å². The molecular weight excluding hydrogens is 240 g/mol. The van der Waals surface area contributed by atoms with Crippen LogP contribution in [0.15, 0.2) is 16.9 Å². The molecule has 7 heteroatoms. The van der Waals surface area contributed by atoms with E-state index in [0.717, 1.165) is 0 Å². The van der Waals surface area contributed by atoms with Crippen LogP contribution in [0.4, 0.5) is 0 Å². The molecular formula is C11H14N2O5. The Hall–Kier alpha value is -2.15. The van der Waals surface area contributed by atoms with Gasteiger partial charge in [-0.05, 0) is 19.1 Å². The summed E-state index contributed by atoms with van der Waals surface area (Å²) in [4.78, 5) is 35.7. The maximum atomic E-state index is 11.6. The highest BCUT2D eigenvalue weighted by atomic mass is 16.5. The van der Waals surface area contributed by atoms with Gasteiger partial charge in [0.25, 0.3) is 11.5 Å². The Morgan fingerprint density at radius 1 is 1.44 bits per heavy atom. The summed E-state index contributed by atoms with van der Waals surface area (Å²) in [6.07, 6.45) is 0. The van der Waals surface area contributed by atoms with Crippen LogP contribution in [0, 0.1) is 6.92 Å². The summed E-state index contributed by atoms with van der Waals surface area (Å²) in [5, 5.41) is 10.8. The highest BCUT2D eigenvalue weighted by Crippen LogP contribution is 1.93. The van der Waals surface area contributed by atoms with Crippen molar-refractivity contribution in [3.63, 3.8) is 0 Å².